The number of carbonyl (C=O) groups is 2. The molecule has 142 valence electrons. The molecule has 3 rings (SSSR count). The molecule has 1 aromatic rings. The third-order valence-electron chi connectivity index (χ3n) is 5.74. The molecule has 0 unspecified atom stereocenters. The topological polar surface area (TPSA) is 49.9 Å². The molecule has 2 amide bonds. The Bertz CT molecular complexity index is 611. The highest BCUT2D eigenvalue weighted by atomic mass is 16.5. The van der Waals surface area contributed by atoms with Gasteiger partial charge >= 0.3 is 0 Å². The number of rotatable bonds is 4. The van der Waals surface area contributed by atoms with Gasteiger partial charge in [0.05, 0.1) is 5.92 Å². The van der Waals surface area contributed by atoms with Crippen molar-refractivity contribution < 1.29 is 14.3 Å². The predicted molar refractivity (Wildman–Crippen MR) is 100 cm³/mol. The van der Waals surface area contributed by atoms with Gasteiger partial charge in [-0.3, -0.25) is 9.59 Å². The lowest BCUT2D eigenvalue weighted by molar-refractivity contribution is -0.147. The molecule has 2 saturated heterocycles. The first-order valence-electron chi connectivity index (χ1n) is 9.75. The standard InChI is InChI=1S/C21H30N2O3/c1-16-10-13-22(14-11-16)20(24)18-9-6-12-23(15-18)21(25)19(26-2)17-7-4-3-5-8-17/h3-5,7-8,16,18-19H,6,9-15H2,1-2H3/t18-,19-/m0/s1. The van der Waals surface area contributed by atoms with Crippen LogP contribution in [0.15, 0.2) is 30.3 Å². The van der Waals surface area contributed by atoms with Crippen LogP contribution in [0.5, 0.6) is 0 Å². The van der Waals surface area contributed by atoms with E-state index in [2.05, 4.69) is 6.92 Å². The van der Waals surface area contributed by atoms with E-state index in [0.717, 1.165) is 44.3 Å². The fourth-order valence-electron chi connectivity index (χ4n) is 4.04. The minimum absolute atomic E-state index is 0.0385. The predicted octanol–water partition coefficient (Wildman–Crippen LogP) is 2.87. The Morgan fingerprint density at radius 3 is 2.38 bits per heavy atom. The van der Waals surface area contributed by atoms with Crippen LogP contribution >= 0.6 is 0 Å². The molecule has 5 nitrogen and oxygen atoms in total. The van der Waals surface area contributed by atoms with Crippen molar-refractivity contribution in [2.75, 3.05) is 33.3 Å². The SMILES string of the molecule is CO[C@H](C(=O)N1CCC[C@H](C(=O)N2CCC(C)CC2)C1)c1ccccc1. The number of hydrogen-bond donors (Lipinski definition) is 0. The summed E-state index contributed by atoms with van der Waals surface area (Å²) in [5.74, 6) is 0.817. The molecule has 2 fully saturated rings. The molecule has 2 aliphatic rings. The Hall–Kier alpha value is -1.88. The number of carbonyl (C=O) groups excluding carboxylic acids is 2. The number of benzene rings is 1. The molecule has 0 N–H and O–H groups in total. The van der Waals surface area contributed by atoms with Crippen molar-refractivity contribution in [2.24, 2.45) is 11.8 Å². The smallest absolute Gasteiger partial charge is 0.256 e. The Morgan fingerprint density at radius 2 is 1.73 bits per heavy atom. The van der Waals surface area contributed by atoms with Gasteiger partial charge in [-0.05, 0) is 37.2 Å². The summed E-state index contributed by atoms with van der Waals surface area (Å²) < 4.78 is 5.49. The van der Waals surface area contributed by atoms with Gasteiger partial charge in [-0.25, -0.2) is 0 Å². The molecule has 0 saturated carbocycles. The highest BCUT2D eigenvalue weighted by Gasteiger charge is 2.34. The fraction of sp³-hybridized carbons (Fsp3) is 0.619. The van der Waals surface area contributed by atoms with E-state index in [1.807, 2.05) is 40.1 Å². The van der Waals surface area contributed by atoms with Gasteiger partial charge in [0.1, 0.15) is 0 Å². The number of methoxy groups -OCH3 is 1. The van der Waals surface area contributed by atoms with Crippen LogP contribution in [0.1, 0.15) is 44.3 Å². The first kappa shape index (κ1) is 18.9. The maximum Gasteiger partial charge on any atom is 0.256 e. The van der Waals surface area contributed by atoms with E-state index in [0.29, 0.717) is 19.0 Å². The molecular weight excluding hydrogens is 328 g/mol. The Morgan fingerprint density at radius 1 is 1.04 bits per heavy atom. The van der Waals surface area contributed by atoms with E-state index in [1.165, 1.54) is 0 Å². The van der Waals surface area contributed by atoms with Crippen LogP contribution in [0.3, 0.4) is 0 Å². The molecule has 2 heterocycles. The number of piperidine rings is 2. The van der Waals surface area contributed by atoms with Crippen molar-refractivity contribution in [3.05, 3.63) is 35.9 Å². The van der Waals surface area contributed by atoms with Gasteiger partial charge in [-0.15, -0.1) is 0 Å². The van der Waals surface area contributed by atoms with E-state index in [4.69, 9.17) is 4.74 Å². The second-order valence-electron chi connectivity index (χ2n) is 7.66. The van der Waals surface area contributed by atoms with Crippen LogP contribution in [-0.4, -0.2) is 54.9 Å². The van der Waals surface area contributed by atoms with Crippen LogP contribution in [0.2, 0.25) is 0 Å². The van der Waals surface area contributed by atoms with Gasteiger partial charge in [0, 0.05) is 33.3 Å². The summed E-state index contributed by atoms with van der Waals surface area (Å²) in [6, 6.07) is 9.57. The second-order valence-corrected chi connectivity index (χ2v) is 7.66. The minimum Gasteiger partial charge on any atom is -0.367 e. The summed E-state index contributed by atoms with van der Waals surface area (Å²) in [7, 11) is 1.57. The first-order valence-corrected chi connectivity index (χ1v) is 9.75. The number of hydrogen-bond acceptors (Lipinski definition) is 3. The molecule has 0 bridgehead atoms. The van der Waals surface area contributed by atoms with Crippen LogP contribution in [0.25, 0.3) is 0 Å². The average molecular weight is 358 g/mol. The van der Waals surface area contributed by atoms with E-state index in [-0.39, 0.29) is 17.7 Å². The first-order chi connectivity index (χ1) is 12.6. The summed E-state index contributed by atoms with van der Waals surface area (Å²) in [6.45, 7) is 5.17. The van der Waals surface area contributed by atoms with Crippen LogP contribution < -0.4 is 0 Å². The third kappa shape index (κ3) is 4.26. The molecule has 0 radical (unpaired) electrons. The van der Waals surface area contributed by atoms with Gasteiger partial charge in [0.15, 0.2) is 6.10 Å². The highest BCUT2D eigenvalue weighted by Crippen LogP contribution is 2.26. The van der Waals surface area contributed by atoms with Gasteiger partial charge in [0.25, 0.3) is 5.91 Å². The number of ether oxygens (including phenoxy) is 1. The summed E-state index contributed by atoms with van der Waals surface area (Å²) >= 11 is 0. The minimum atomic E-state index is -0.596. The molecule has 5 heteroatoms. The third-order valence-corrected chi connectivity index (χ3v) is 5.74. The lowest BCUT2D eigenvalue weighted by atomic mass is 9.93. The van der Waals surface area contributed by atoms with Crippen molar-refractivity contribution >= 4 is 11.8 Å². The van der Waals surface area contributed by atoms with Gasteiger partial charge in [-0.1, -0.05) is 37.3 Å². The monoisotopic (exact) mass is 358 g/mol. The number of nitrogens with zero attached hydrogens (tertiary/aromatic N) is 2. The lowest BCUT2D eigenvalue weighted by Crippen LogP contribution is -2.49. The van der Waals surface area contributed by atoms with Crippen molar-refractivity contribution in [3.63, 3.8) is 0 Å². The lowest BCUT2D eigenvalue weighted by Gasteiger charge is -2.38. The van der Waals surface area contributed by atoms with Crippen LogP contribution in [0, 0.1) is 11.8 Å². The molecule has 0 aliphatic carbocycles. The molecule has 1 aromatic carbocycles. The zero-order chi connectivity index (χ0) is 18.5. The molecule has 2 aliphatic heterocycles. The normalized spacial score (nSPS) is 22.9. The molecule has 0 spiro atoms. The van der Waals surface area contributed by atoms with Crippen molar-refractivity contribution in [1.82, 2.24) is 9.80 Å². The maximum absolute atomic E-state index is 13.0. The Labute approximate surface area is 156 Å². The largest absolute Gasteiger partial charge is 0.367 e. The molecular formula is C21H30N2O3. The highest BCUT2D eigenvalue weighted by molar-refractivity contribution is 5.84. The Kier molecular flexibility index (Phi) is 6.30. The number of likely N-dealkylation sites (tertiary alicyclic amines) is 2. The van der Waals surface area contributed by atoms with Crippen LogP contribution in [0.4, 0.5) is 0 Å². The number of amides is 2. The zero-order valence-electron chi connectivity index (χ0n) is 15.9. The van der Waals surface area contributed by atoms with E-state index >= 15 is 0 Å². The molecule has 2 atom stereocenters. The zero-order valence-corrected chi connectivity index (χ0v) is 15.9. The second kappa shape index (κ2) is 8.67. The van der Waals surface area contributed by atoms with Crippen molar-refractivity contribution in [3.8, 4) is 0 Å². The molecule has 26 heavy (non-hydrogen) atoms. The summed E-state index contributed by atoms with van der Waals surface area (Å²) in [5.41, 5.74) is 0.860. The maximum atomic E-state index is 13.0. The fourth-order valence-corrected chi connectivity index (χ4v) is 4.04. The van der Waals surface area contributed by atoms with E-state index in [9.17, 15) is 9.59 Å². The van der Waals surface area contributed by atoms with Crippen molar-refractivity contribution in [2.45, 2.75) is 38.7 Å². The average Bonchev–Trinajstić information content (AvgIpc) is 2.69. The van der Waals surface area contributed by atoms with E-state index < -0.39 is 6.10 Å². The quantitative estimate of drug-likeness (QED) is 0.832. The van der Waals surface area contributed by atoms with Crippen molar-refractivity contribution in [1.29, 1.82) is 0 Å². The van der Waals surface area contributed by atoms with Crippen LogP contribution in [-0.2, 0) is 14.3 Å². The summed E-state index contributed by atoms with van der Waals surface area (Å²) in [4.78, 5) is 29.7. The molecule has 0 aromatic heterocycles. The summed E-state index contributed by atoms with van der Waals surface area (Å²) in [6.07, 6.45) is 3.32. The van der Waals surface area contributed by atoms with E-state index in [1.54, 1.807) is 7.11 Å². The van der Waals surface area contributed by atoms with Gasteiger partial charge < -0.3 is 14.5 Å². The Balaban J connectivity index is 1.64. The van der Waals surface area contributed by atoms with Gasteiger partial charge in [0.2, 0.25) is 5.91 Å². The summed E-state index contributed by atoms with van der Waals surface area (Å²) in [5, 5.41) is 0. The van der Waals surface area contributed by atoms with Gasteiger partial charge in [-0.2, -0.15) is 0 Å².